The average Bonchev–Trinajstić information content (AvgIpc) is 2.73. The van der Waals surface area contributed by atoms with Gasteiger partial charge in [0.05, 0.1) is 15.9 Å². The highest BCUT2D eigenvalue weighted by molar-refractivity contribution is 5.86. The van der Waals surface area contributed by atoms with Crippen LogP contribution in [0.3, 0.4) is 0 Å². The molecule has 1 fully saturated rings. The van der Waals surface area contributed by atoms with E-state index in [-0.39, 0.29) is 6.01 Å². The number of piperazine rings is 1. The van der Waals surface area contributed by atoms with Crippen LogP contribution in [0.25, 0.3) is 11.0 Å². The number of nitro groups is 1. The molecule has 4 rings (SSSR count). The molecule has 2 aromatic carbocycles. The Balaban J connectivity index is 1.61. The highest BCUT2D eigenvalue weighted by Crippen LogP contribution is 2.36. The second-order valence-corrected chi connectivity index (χ2v) is 7.18. The molecular formula is C20H17F3N4O4. The topological polar surface area (TPSA) is 92.7 Å². The highest BCUT2D eigenvalue weighted by Gasteiger charge is 2.35. The van der Waals surface area contributed by atoms with Crippen LogP contribution >= 0.6 is 0 Å². The third kappa shape index (κ3) is 4.36. The van der Waals surface area contributed by atoms with E-state index in [1.807, 2.05) is 30.3 Å². The number of aromatic nitrogens is 1. The van der Waals surface area contributed by atoms with E-state index >= 15 is 0 Å². The van der Waals surface area contributed by atoms with Crippen molar-refractivity contribution in [2.75, 3.05) is 31.1 Å². The summed E-state index contributed by atoms with van der Waals surface area (Å²) in [6.07, 6.45) is -4.85. The Morgan fingerprint density at radius 3 is 2.39 bits per heavy atom. The third-order valence-electron chi connectivity index (χ3n) is 5.11. The fourth-order valence-electron chi connectivity index (χ4n) is 3.51. The van der Waals surface area contributed by atoms with E-state index < -0.39 is 38.9 Å². The second kappa shape index (κ2) is 7.99. The summed E-state index contributed by atoms with van der Waals surface area (Å²) >= 11 is 0. The predicted octanol–water partition coefficient (Wildman–Crippen LogP) is 3.44. The molecular weight excluding hydrogens is 417 g/mol. The summed E-state index contributed by atoms with van der Waals surface area (Å²) in [5, 5.41) is 10.8. The lowest BCUT2D eigenvalue weighted by molar-refractivity contribution is -0.383. The summed E-state index contributed by atoms with van der Waals surface area (Å²) in [5.41, 5.74) is -2.59. The Morgan fingerprint density at radius 1 is 1.10 bits per heavy atom. The zero-order valence-corrected chi connectivity index (χ0v) is 16.1. The van der Waals surface area contributed by atoms with Crippen LogP contribution in [0, 0.1) is 10.1 Å². The number of hydrogen-bond donors (Lipinski definition) is 0. The van der Waals surface area contributed by atoms with Crippen molar-refractivity contribution >= 4 is 22.7 Å². The minimum absolute atomic E-state index is 0.139. The maximum atomic E-state index is 13.1. The van der Waals surface area contributed by atoms with Gasteiger partial charge < -0.3 is 9.32 Å². The summed E-state index contributed by atoms with van der Waals surface area (Å²) in [4.78, 5) is 30.4. The lowest BCUT2D eigenvalue weighted by Crippen LogP contribution is -2.46. The van der Waals surface area contributed by atoms with E-state index in [0.29, 0.717) is 38.3 Å². The normalized spacial score (nSPS) is 15.4. The van der Waals surface area contributed by atoms with Crippen LogP contribution in [0.5, 0.6) is 0 Å². The van der Waals surface area contributed by atoms with Crippen molar-refractivity contribution in [2.45, 2.75) is 12.7 Å². The van der Waals surface area contributed by atoms with Gasteiger partial charge >= 0.3 is 17.9 Å². The summed E-state index contributed by atoms with van der Waals surface area (Å²) < 4.78 is 44.7. The summed E-state index contributed by atoms with van der Waals surface area (Å²) in [7, 11) is 0. The molecule has 1 saturated heterocycles. The van der Waals surface area contributed by atoms with Crippen molar-refractivity contribution in [1.29, 1.82) is 0 Å². The van der Waals surface area contributed by atoms with E-state index in [1.54, 1.807) is 4.90 Å². The number of hydrogen-bond acceptors (Lipinski definition) is 7. The molecule has 11 heteroatoms. The second-order valence-electron chi connectivity index (χ2n) is 7.18. The van der Waals surface area contributed by atoms with Gasteiger partial charge in [-0.25, -0.2) is 0 Å². The molecule has 0 unspecified atom stereocenters. The maximum absolute atomic E-state index is 13.1. The smallest absolute Gasteiger partial charge is 0.416 e. The van der Waals surface area contributed by atoms with Crippen LogP contribution in [-0.4, -0.2) is 41.0 Å². The first kappa shape index (κ1) is 20.8. The summed E-state index contributed by atoms with van der Waals surface area (Å²) in [5.74, 6) is 0. The molecule has 1 aromatic heterocycles. The molecule has 0 N–H and O–H groups in total. The van der Waals surface area contributed by atoms with Crippen molar-refractivity contribution in [2.24, 2.45) is 0 Å². The van der Waals surface area contributed by atoms with Crippen molar-refractivity contribution < 1.29 is 22.5 Å². The molecule has 0 amide bonds. The van der Waals surface area contributed by atoms with Crippen LogP contribution in [0.4, 0.5) is 24.9 Å². The number of rotatable bonds is 4. The van der Waals surface area contributed by atoms with Crippen LogP contribution in [0.1, 0.15) is 11.1 Å². The van der Waals surface area contributed by atoms with Gasteiger partial charge in [-0.2, -0.15) is 18.2 Å². The first-order chi connectivity index (χ1) is 14.7. The standard InChI is InChI=1S/C20H17F3N4O4/c21-20(22,23)14-10-15-17(16(11-14)27(29)30)31-19(24-18(15)28)26-8-6-25(7-9-26)12-13-4-2-1-3-5-13/h1-5,10-11H,6-9,12H2. The van der Waals surface area contributed by atoms with Gasteiger partial charge in [0.1, 0.15) is 0 Å². The molecule has 1 aliphatic heterocycles. The molecule has 0 saturated carbocycles. The predicted molar refractivity (Wildman–Crippen MR) is 106 cm³/mol. The molecule has 3 aromatic rings. The van der Waals surface area contributed by atoms with E-state index in [4.69, 9.17) is 4.42 Å². The number of anilines is 1. The Bertz CT molecular complexity index is 1170. The molecule has 0 spiro atoms. The third-order valence-corrected chi connectivity index (χ3v) is 5.11. The molecule has 2 heterocycles. The molecule has 0 aliphatic carbocycles. The fraction of sp³-hybridized carbons (Fsp3) is 0.300. The summed E-state index contributed by atoms with van der Waals surface area (Å²) in [6, 6.07) is 10.6. The molecule has 8 nitrogen and oxygen atoms in total. The number of benzene rings is 2. The Labute approximate surface area is 173 Å². The van der Waals surface area contributed by atoms with Gasteiger partial charge in [-0.15, -0.1) is 0 Å². The van der Waals surface area contributed by atoms with Gasteiger partial charge in [-0.1, -0.05) is 30.3 Å². The molecule has 0 radical (unpaired) electrons. The van der Waals surface area contributed by atoms with Gasteiger partial charge in [-0.05, 0) is 11.6 Å². The minimum Gasteiger partial charge on any atom is -0.417 e. The zero-order valence-electron chi connectivity index (χ0n) is 16.1. The van der Waals surface area contributed by atoms with E-state index in [9.17, 15) is 28.1 Å². The van der Waals surface area contributed by atoms with Crippen LogP contribution in [-0.2, 0) is 12.7 Å². The zero-order chi connectivity index (χ0) is 22.2. The Kier molecular flexibility index (Phi) is 5.36. The molecule has 31 heavy (non-hydrogen) atoms. The van der Waals surface area contributed by atoms with Crippen LogP contribution in [0.2, 0.25) is 0 Å². The number of non-ortho nitro benzene ring substituents is 1. The van der Waals surface area contributed by atoms with E-state index in [1.165, 1.54) is 0 Å². The Hall–Kier alpha value is -3.47. The molecule has 1 aliphatic rings. The highest BCUT2D eigenvalue weighted by atomic mass is 19.4. The first-order valence-corrected chi connectivity index (χ1v) is 9.44. The van der Waals surface area contributed by atoms with Gasteiger partial charge in [0, 0.05) is 38.8 Å². The minimum atomic E-state index is -4.85. The van der Waals surface area contributed by atoms with Gasteiger partial charge in [0.25, 0.3) is 5.56 Å². The van der Waals surface area contributed by atoms with Gasteiger partial charge in [0.15, 0.2) is 0 Å². The number of nitrogens with zero attached hydrogens (tertiary/aromatic N) is 4. The number of nitro benzene ring substituents is 1. The SMILES string of the molecule is O=c1nc(N2CCN(Cc3ccccc3)CC2)oc2c([N+](=O)[O-])cc(C(F)(F)F)cc12. The summed E-state index contributed by atoms with van der Waals surface area (Å²) in [6.45, 7) is 2.90. The van der Waals surface area contributed by atoms with E-state index in [2.05, 4.69) is 9.88 Å². The van der Waals surface area contributed by atoms with Crippen molar-refractivity contribution in [1.82, 2.24) is 9.88 Å². The number of alkyl halides is 3. The maximum Gasteiger partial charge on any atom is 0.416 e. The van der Waals surface area contributed by atoms with Crippen molar-refractivity contribution in [3.05, 3.63) is 74.1 Å². The van der Waals surface area contributed by atoms with Gasteiger partial charge in [-0.3, -0.25) is 19.8 Å². The number of halogens is 3. The molecule has 0 atom stereocenters. The van der Waals surface area contributed by atoms with E-state index in [0.717, 1.165) is 12.1 Å². The lowest BCUT2D eigenvalue weighted by Gasteiger charge is -2.34. The number of fused-ring (bicyclic) bond motifs is 1. The quantitative estimate of drug-likeness (QED) is 0.459. The molecule has 162 valence electrons. The molecule has 0 bridgehead atoms. The average molecular weight is 434 g/mol. The Morgan fingerprint density at radius 2 is 1.77 bits per heavy atom. The first-order valence-electron chi connectivity index (χ1n) is 9.44. The van der Waals surface area contributed by atoms with Crippen LogP contribution in [0.15, 0.2) is 51.7 Å². The largest absolute Gasteiger partial charge is 0.417 e. The lowest BCUT2D eigenvalue weighted by atomic mass is 10.1. The fourth-order valence-corrected chi connectivity index (χ4v) is 3.51. The van der Waals surface area contributed by atoms with Crippen LogP contribution < -0.4 is 10.5 Å². The van der Waals surface area contributed by atoms with Gasteiger partial charge in [0.2, 0.25) is 5.58 Å². The monoisotopic (exact) mass is 434 g/mol. The van der Waals surface area contributed by atoms with Crippen molar-refractivity contribution in [3.8, 4) is 0 Å². The van der Waals surface area contributed by atoms with Crippen molar-refractivity contribution in [3.63, 3.8) is 0 Å².